The van der Waals surface area contributed by atoms with Gasteiger partial charge in [0.2, 0.25) is 0 Å². The van der Waals surface area contributed by atoms with E-state index in [9.17, 15) is 9.90 Å². The van der Waals surface area contributed by atoms with Crippen molar-refractivity contribution in [2.75, 3.05) is 6.61 Å². The van der Waals surface area contributed by atoms with Crippen LogP contribution in [0.15, 0.2) is 24.5 Å². The minimum atomic E-state index is -0.659. The summed E-state index contributed by atoms with van der Waals surface area (Å²) in [4.78, 5) is 15.7. The molecule has 0 aliphatic heterocycles. The Bertz CT molecular complexity index is 343. The van der Waals surface area contributed by atoms with Crippen LogP contribution < -0.4 is 0 Å². The number of carbonyl (C=O) groups excluding carboxylic acids is 1. The summed E-state index contributed by atoms with van der Waals surface area (Å²) in [6.07, 6.45) is 3.18. The normalized spacial score (nSPS) is 13.2. The van der Waals surface area contributed by atoms with Crippen LogP contribution in [0.25, 0.3) is 0 Å². The Morgan fingerprint density at radius 1 is 1.56 bits per heavy atom. The maximum absolute atomic E-state index is 11.8. The molecule has 1 rings (SSSR count). The van der Waals surface area contributed by atoms with Gasteiger partial charge in [-0.15, -0.1) is 0 Å². The van der Waals surface area contributed by atoms with E-state index in [-0.39, 0.29) is 6.61 Å². The third-order valence-electron chi connectivity index (χ3n) is 1.96. The lowest BCUT2D eigenvalue weighted by molar-refractivity contribution is -0.157. The Morgan fingerprint density at radius 3 is 2.69 bits per heavy atom. The Kier molecular flexibility index (Phi) is 4.01. The van der Waals surface area contributed by atoms with Gasteiger partial charge in [-0.25, -0.2) is 0 Å². The Balaban J connectivity index is 2.80. The Morgan fingerprint density at radius 2 is 2.25 bits per heavy atom. The molecule has 0 radical (unpaired) electrons. The van der Waals surface area contributed by atoms with E-state index in [1.54, 1.807) is 45.3 Å². The molecule has 0 bridgehead atoms. The summed E-state index contributed by atoms with van der Waals surface area (Å²) >= 11 is 0. The highest BCUT2D eigenvalue weighted by Gasteiger charge is 2.25. The first-order valence-electron chi connectivity index (χ1n) is 5.17. The number of nitrogens with zero attached hydrogens (tertiary/aromatic N) is 1. The van der Waals surface area contributed by atoms with E-state index in [2.05, 4.69) is 4.98 Å². The number of hydrogen-bond donors (Lipinski definition) is 1. The Hall–Kier alpha value is -1.42. The molecule has 0 amide bonds. The molecule has 1 unspecified atom stereocenters. The molecular formula is C12H17NO3. The molecule has 4 heteroatoms. The van der Waals surface area contributed by atoms with Crippen molar-refractivity contribution in [3.63, 3.8) is 0 Å². The second kappa shape index (κ2) is 5.07. The van der Waals surface area contributed by atoms with Crippen molar-refractivity contribution in [1.82, 2.24) is 4.98 Å². The smallest absolute Gasteiger partial charge is 0.316 e. The van der Waals surface area contributed by atoms with Gasteiger partial charge in [0, 0.05) is 12.4 Å². The predicted octanol–water partition coefficient (Wildman–Crippen LogP) is 1.50. The molecule has 0 aromatic carbocycles. The molecule has 0 saturated carbocycles. The number of esters is 1. The number of aliphatic hydroxyl groups is 1. The molecule has 88 valence electrons. The molecule has 0 aliphatic carbocycles. The van der Waals surface area contributed by atoms with E-state index in [4.69, 9.17) is 4.74 Å². The van der Waals surface area contributed by atoms with Crippen LogP contribution in [0.1, 0.15) is 32.3 Å². The van der Waals surface area contributed by atoms with Gasteiger partial charge in [0.15, 0.2) is 0 Å². The summed E-state index contributed by atoms with van der Waals surface area (Å²) in [5, 5.41) is 9.22. The van der Waals surface area contributed by atoms with Crippen molar-refractivity contribution in [3.05, 3.63) is 30.1 Å². The topological polar surface area (TPSA) is 59.4 Å². The number of ether oxygens (including phenoxy) is 1. The zero-order valence-electron chi connectivity index (χ0n) is 9.80. The number of carbonyl (C=O) groups is 1. The van der Waals surface area contributed by atoms with Gasteiger partial charge >= 0.3 is 5.97 Å². The minimum absolute atomic E-state index is 0.277. The molecule has 16 heavy (non-hydrogen) atoms. The quantitative estimate of drug-likeness (QED) is 0.789. The fourth-order valence-corrected chi connectivity index (χ4v) is 1.27. The van der Waals surface area contributed by atoms with E-state index in [0.29, 0.717) is 5.56 Å². The summed E-state index contributed by atoms with van der Waals surface area (Å²) in [5.41, 5.74) is 0.117. The van der Waals surface area contributed by atoms with E-state index < -0.39 is 17.5 Å². The van der Waals surface area contributed by atoms with Crippen LogP contribution >= 0.6 is 0 Å². The van der Waals surface area contributed by atoms with Crippen molar-refractivity contribution < 1.29 is 14.6 Å². The maximum atomic E-state index is 11.8. The van der Waals surface area contributed by atoms with E-state index in [1.165, 1.54) is 0 Å². The van der Waals surface area contributed by atoms with E-state index in [1.807, 2.05) is 0 Å². The second-order valence-electron chi connectivity index (χ2n) is 4.55. The summed E-state index contributed by atoms with van der Waals surface area (Å²) in [5.74, 6) is -1.09. The van der Waals surface area contributed by atoms with Gasteiger partial charge in [0.25, 0.3) is 0 Å². The highest BCUT2D eigenvalue weighted by molar-refractivity contribution is 5.78. The van der Waals surface area contributed by atoms with Gasteiger partial charge in [-0.05, 0) is 32.4 Å². The first kappa shape index (κ1) is 12.6. The fraction of sp³-hybridized carbons (Fsp3) is 0.500. The summed E-state index contributed by atoms with van der Waals surface area (Å²) in [6, 6.07) is 3.47. The largest absolute Gasteiger partial charge is 0.459 e. The van der Waals surface area contributed by atoms with Crippen LogP contribution in [0.4, 0.5) is 0 Å². The van der Waals surface area contributed by atoms with E-state index >= 15 is 0 Å². The third kappa shape index (κ3) is 3.62. The second-order valence-corrected chi connectivity index (χ2v) is 4.55. The van der Waals surface area contributed by atoms with Crippen LogP contribution in [0.3, 0.4) is 0 Å². The third-order valence-corrected chi connectivity index (χ3v) is 1.96. The average molecular weight is 223 g/mol. The molecule has 1 atom stereocenters. The lowest BCUT2D eigenvalue weighted by atomic mass is 10.0. The molecule has 0 spiro atoms. The lowest BCUT2D eigenvalue weighted by Gasteiger charge is -2.23. The van der Waals surface area contributed by atoms with Gasteiger partial charge in [-0.2, -0.15) is 0 Å². The van der Waals surface area contributed by atoms with Gasteiger partial charge in [0.05, 0.1) is 6.61 Å². The summed E-state index contributed by atoms with van der Waals surface area (Å²) in [7, 11) is 0. The van der Waals surface area contributed by atoms with Crippen molar-refractivity contribution >= 4 is 5.97 Å². The number of aliphatic hydroxyl groups excluding tert-OH is 1. The van der Waals surface area contributed by atoms with Crippen LogP contribution in [0.2, 0.25) is 0 Å². The van der Waals surface area contributed by atoms with Gasteiger partial charge < -0.3 is 9.84 Å². The molecule has 1 aromatic heterocycles. The van der Waals surface area contributed by atoms with Crippen LogP contribution in [0.5, 0.6) is 0 Å². The molecule has 1 aromatic rings. The number of hydrogen-bond acceptors (Lipinski definition) is 4. The van der Waals surface area contributed by atoms with Crippen molar-refractivity contribution in [1.29, 1.82) is 0 Å². The van der Waals surface area contributed by atoms with E-state index in [0.717, 1.165) is 0 Å². The summed E-state index contributed by atoms with van der Waals surface area (Å²) in [6.45, 7) is 5.11. The predicted molar refractivity (Wildman–Crippen MR) is 59.9 cm³/mol. The maximum Gasteiger partial charge on any atom is 0.316 e. The van der Waals surface area contributed by atoms with Gasteiger partial charge in [-0.1, -0.05) is 6.07 Å². The Labute approximate surface area is 95.3 Å². The molecule has 4 nitrogen and oxygen atoms in total. The first-order valence-corrected chi connectivity index (χ1v) is 5.17. The molecular weight excluding hydrogens is 206 g/mol. The SMILES string of the molecule is CC(C)(C)OC(=O)C(CO)c1cccnc1. The highest BCUT2D eigenvalue weighted by atomic mass is 16.6. The number of pyridine rings is 1. The van der Waals surface area contributed by atoms with Crippen LogP contribution in [0, 0.1) is 0 Å². The van der Waals surface area contributed by atoms with Gasteiger partial charge in [0.1, 0.15) is 11.5 Å². The fourth-order valence-electron chi connectivity index (χ4n) is 1.27. The number of aromatic nitrogens is 1. The molecule has 1 N–H and O–H groups in total. The molecule has 1 heterocycles. The zero-order chi connectivity index (χ0) is 12.2. The summed E-state index contributed by atoms with van der Waals surface area (Å²) < 4.78 is 5.22. The average Bonchev–Trinajstić information content (AvgIpc) is 2.17. The first-order chi connectivity index (χ1) is 7.44. The molecule has 0 fully saturated rings. The van der Waals surface area contributed by atoms with Crippen LogP contribution in [-0.4, -0.2) is 28.3 Å². The molecule has 0 aliphatic rings. The van der Waals surface area contributed by atoms with Crippen LogP contribution in [-0.2, 0) is 9.53 Å². The standard InChI is InChI=1S/C12H17NO3/c1-12(2,3)16-11(15)10(8-14)9-5-4-6-13-7-9/h4-7,10,14H,8H2,1-3H3. The van der Waals surface area contributed by atoms with Crippen molar-refractivity contribution in [3.8, 4) is 0 Å². The monoisotopic (exact) mass is 223 g/mol. The van der Waals surface area contributed by atoms with Crippen molar-refractivity contribution in [2.45, 2.75) is 32.3 Å². The lowest BCUT2D eigenvalue weighted by Crippen LogP contribution is -2.29. The van der Waals surface area contributed by atoms with Crippen molar-refractivity contribution in [2.24, 2.45) is 0 Å². The molecule has 0 saturated heterocycles. The number of rotatable bonds is 3. The zero-order valence-corrected chi connectivity index (χ0v) is 9.80. The highest BCUT2D eigenvalue weighted by Crippen LogP contribution is 2.19. The minimum Gasteiger partial charge on any atom is -0.459 e. The van der Waals surface area contributed by atoms with Gasteiger partial charge in [-0.3, -0.25) is 9.78 Å².